The minimum Gasteiger partial charge on any atom is -0.461 e. The van der Waals surface area contributed by atoms with Crippen LogP contribution in [0, 0.1) is 28.6 Å². The summed E-state index contributed by atoms with van der Waals surface area (Å²) in [6.45, 7) is 3.88. The first-order chi connectivity index (χ1) is 12.4. The first-order valence-corrected chi connectivity index (χ1v) is 7.69. The summed E-state index contributed by atoms with van der Waals surface area (Å²) in [4.78, 5) is 24.5. The molecule has 0 fully saturated rings. The average molecular weight is 353 g/mol. The van der Waals surface area contributed by atoms with Crippen LogP contribution in [0.3, 0.4) is 0 Å². The van der Waals surface area contributed by atoms with Gasteiger partial charge in [-0.2, -0.15) is 10.5 Å². The van der Waals surface area contributed by atoms with Crippen molar-refractivity contribution >= 4 is 11.9 Å². The van der Waals surface area contributed by atoms with Crippen LogP contribution in [0.1, 0.15) is 24.2 Å². The lowest BCUT2D eigenvalue weighted by Crippen LogP contribution is -2.30. The van der Waals surface area contributed by atoms with Gasteiger partial charge in [-0.1, -0.05) is 32.0 Å². The molecule has 8 nitrogen and oxygen atoms in total. The third-order valence-electron chi connectivity index (χ3n) is 2.91. The summed E-state index contributed by atoms with van der Waals surface area (Å²) in [5.74, 6) is -1.22. The number of benzene rings is 1. The normalized spacial score (nSPS) is 11.7. The number of nitriles is 2. The Morgan fingerprint density at radius 3 is 2.42 bits per heavy atom. The Kier molecular flexibility index (Phi) is 7.92. The van der Waals surface area contributed by atoms with Crippen LogP contribution < -0.4 is 16.4 Å². The predicted octanol–water partition coefficient (Wildman–Crippen LogP) is 1.26. The molecule has 0 spiro atoms. The minimum absolute atomic E-state index is 0.0989. The van der Waals surface area contributed by atoms with Gasteiger partial charge in [0.2, 0.25) is 0 Å². The topological polar surface area (TPSA) is 141 Å². The fraction of sp³-hybridized carbons (Fsp3) is 0.222. The molecule has 4 N–H and O–H groups in total. The standard InChI is InChI=1S/C18H19N5O3/c1-12(2)11-26-18(25)16(10-22-15(9-20)14(21)8-19)23-17(24)13-6-4-3-5-7-13/h3-7,10,12,22H,11,21H2,1-2H3,(H,23,24)/b15-14-,16-10-. The van der Waals surface area contributed by atoms with Crippen molar-refractivity contribution in [1.82, 2.24) is 10.6 Å². The molecule has 1 aromatic rings. The number of esters is 1. The maximum Gasteiger partial charge on any atom is 0.356 e. The highest BCUT2D eigenvalue weighted by Crippen LogP contribution is 2.04. The predicted molar refractivity (Wildman–Crippen MR) is 93.4 cm³/mol. The molecule has 1 rings (SSSR count). The molecule has 0 saturated heterocycles. The minimum atomic E-state index is -0.789. The van der Waals surface area contributed by atoms with Gasteiger partial charge in [0.05, 0.1) is 6.61 Å². The summed E-state index contributed by atoms with van der Waals surface area (Å²) in [5.41, 5.74) is 4.89. The van der Waals surface area contributed by atoms with Gasteiger partial charge >= 0.3 is 5.97 Å². The molecule has 0 bridgehead atoms. The van der Waals surface area contributed by atoms with E-state index in [1.165, 1.54) is 0 Å². The summed E-state index contributed by atoms with van der Waals surface area (Å²) >= 11 is 0. The van der Waals surface area contributed by atoms with Crippen LogP contribution in [-0.2, 0) is 9.53 Å². The highest BCUT2D eigenvalue weighted by molar-refractivity contribution is 6.01. The molecule has 134 valence electrons. The maximum atomic E-state index is 12.3. The van der Waals surface area contributed by atoms with Crippen LogP contribution in [0.15, 0.2) is 53.6 Å². The first kappa shape index (κ1) is 20.3. The molecular weight excluding hydrogens is 334 g/mol. The molecule has 8 heteroatoms. The summed E-state index contributed by atoms with van der Waals surface area (Å²) in [6.07, 6.45) is 1.06. The summed E-state index contributed by atoms with van der Waals surface area (Å²) < 4.78 is 5.10. The number of hydrogen-bond donors (Lipinski definition) is 3. The molecule has 0 aliphatic carbocycles. The third kappa shape index (κ3) is 6.38. The highest BCUT2D eigenvalue weighted by atomic mass is 16.5. The molecule has 1 aromatic carbocycles. The van der Waals surface area contributed by atoms with Crippen molar-refractivity contribution in [1.29, 1.82) is 10.5 Å². The van der Waals surface area contributed by atoms with Gasteiger partial charge in [0, 0.05) is 11.8 Å². The average Bonchev–Trinajstić information content (AvgIpc) is 2.65. The van der Waals surface area contributed by atoms with Crippen molar-refractivity contribution in [3.8, 4) is 12.1 Å². The van der Waals surface area contributed by atoms with Gasteiger partial charge in [-0.3, -0.25) is 4.79 Å². The van der Waals surface area contributed by atoms with E-state index in [4.69, 9.17) is 21.0 Å². The Labute approximate surface area is 151 Å². The summed E-state index contributed by atoms with van der Waals surface area (Å²) in [7, 11) is 0. The number of ether oxygens (including phenoxy) is 1. The molecule has 0 radical (unpaired) electrons. The van der Waals surface area contributed by atoms with E-state index in [2.05, 4.69) is 10.6 Å². The third-order valence-corrected chi connectivity index (χ3v) is 2.91. The second-order valence-electron chi connectivity index (χ2n) is 5.53. The van der Waals surface area contributed by atoms with Gasteiger partial charge in [-0.05, 0) is 18.1 Å². The van der Waals surface area contributed by atoms with Crippen LogP contribution in [0.25, 0.3) is 0 Å². The van der Waals surface area contributed by atoms with Crippen LogP contribution in [0.2, 0.25) is 0 Å². The van der Waals surface area contributed by atoms with E-state index < -0.39 is 11.9 Å². The number of rotatable bonds is 7. The zero-order valence-electron chi connectivity index (χ0n) is 14.4. The molecule has 0 saturated carbocycles. The van der Waals surface area contributed by atoms with E-state index in [1.54, 1.807) is 42.5 Å². The van der Waals surface area contributed by atoms with E-state index in [-0.39, 0.29) is 29.6 Å². The molecule has 0 aliphatic rings. The van der Waals surface area contributed by atoms with E-state index in [9.17, 15) is 9.59 Å². The van der Waals surface area contributed by atoms with Gasteiger partial charge < -0.3 is 21.1 Å². The van der Waals surface area contributed by atoms with E-state index in [1.807, 2.05) is 13.8 Å². The number of hydrogen-bond acceptors (Lipinski definition) is 7. The number of carbonyl (C=O) groups excluding carboxylic acids is 2. The van der Waals surface area contributed by atoms with Crippen LogP contribution in [-0.4, -0.2) is 18.5 Å². The molecule has 26 heavy (non-hydrogen) atoms. The molecular formula is C18H19N5O3. The summed E-state index contributed by atoms with van der Waals surface area (Å²) in [6, 6.07) is 11.6. The zero-order chi connectivity index (χ0) is 19.5. The fourth-order valence-corrected chi connectivity index (χ4v) is 1.62. The van der Waals surface area contributed by atoms with Crippen LogP contribution in [0.5, 0.6) is 0 Å². The van der Waals surface area contributed by atoms with Crippen molar-refractivity contribution < 1.29 is 14.3 Å². The molecule has 0 unspecified atom stereocenters. The smallest absolute Gasteiger partial charge is 0.356 e. The quantitative estimate of drug-likeness (QED) is 0.381. The van der Waals surface area contributed by atoms with Crippen LogP contribution in [0.4, 0.5) is 0 Å². The maximum absolute atomic E-state index is 12.3. The van der Waals surface area contributed by atoms with Gasteiger partial charge in [0.1, 0.15) is 23.5 Å². The second kappa shape index (κ2) is 10.2. The van der Waals surface area contributed by atoms with Crippen molar-refractivity contribution in [3.63, 3.8) is 0 Å². The van der Waals surface area contributed by atoms with Gasteiger partial charge in [-0.15, -0.1) is 0 Å². The van der Waals surface area contributed by atoms with E-state index in [0.717, 1.165) is 6.20 Å². The van der Waals surface area contributed by atoms with Crippen molar-refractivity contribution in [3.05, 3.63) is 59.2 Å². The van der Waals surface area contributed by atoms with Gasteiger partial charge in [0.25, 0.3) is 5.91 Å². The lowest BCUT2D eigenvalue weighted by Gasteiger charge is -2.12. The molecule has 0 aliphatic heterocycles. The van der Waals surface area contributed by atoms with Crippen LogP contribution >= 0.6 is 0 Å². The van der Waals surface area contributed by atoms with Crippen molar-refractivity contribution in [2.24, 2.45) is 11.7 Å². The number of nitrogens with one attached hydrogen (secondary N) is 2. The molecule has 0 atom stereocenters. The van der Waals surface area contributed by atoms with Crippen molar-refractivity contribution in [2.75, 3.05) is 6.61 Å². The summed E-state index contributed by atoms with van der Waals surface area (Å²) in [5, 5.41) is 22.6. The number of carbonyl (C=O) groups is 2. The SMILES string of the molecule is CC(C)COC(=O)/C(=C/N/C(C#N)=C(\N)C#N)NC(=O)c1ccccc1. The number of allylic oxidation sites excluding steroid dienone is 2. The fourth-order valence-electron chi connectivity index (χ4n) is 1.62. The Morgan fingerprint density at radius 1 is 1.23 bits per heavy atom. The Morgan fingerprint density at radius 2 is 1.88 bits per heavy atom. The van der Waals surface area contributed by atoms with Crippen molar-refractivity contribution in [2.45, 2.75) is 13.8 Å². The van der Waals surface area contributed by atoms with Gasteiger partial charge in [-0.25, -0.2) is 4.79 Å². The van der Waals surface area contributed by atoms with Gasteiger partial charge in [0.15, 0.2) is 5.70 Å². The number of nitrogens with two attached hydrogens (primary N) is 1. The zero-order valence-corrected chi connectivity index (χ0v) is 14.4. The molecule has 0 aromatic heterocycles. The lowest BCUT2D eigenvalue weighted by atomic mass is 10.2. The molecule has 0 heterocycles. The Bertz CT molecular complexity index is 798. The second-order valence-corrected chi connectivity index (χ2v) is 5.53. The van der Waals surface area contributed by atoms with E-state index in [0.29, 0.717) is 5.56 Å². The largest absolute Gasteiger partial charge is 0.461 e. The number of amides is 1. The molecule has 1 amide bonds. The highest BCUT2D eigenvalue weighted by Gasteiger charge is 2.16. The first-order valence-electron chi connectivity index (χ1n) is 7.69. The number of nitrogens with zero attached hydrogens (tertiary/aromatic N) is 2. The Balaban J connectivity index is 3.04. The Hall–Kier alpha value is -3.78. The monoisotopic (exact) mass is 353 g/mol. The lowest BCUT2D eigenvalue weighted by molar-refractivity contribution is -0.140. The van der Waals surface area contributed by atoms with E-state index >= 15 is 0 Å².